The minimum Gasteiger partial charge on any atom is -0.394 e. The average molecular weight is 1170 g/mol. The van der Waals surface area contributed by atoms with E-state index in [1.165, 1.54) is 6.92 Å². The second kappa shape index (κ2) is 28.2. The topological polar surface area (TPSA) is 554 Å². The van der Waals surface area contributed by atoms with Crippen LogP contribution in [0.5, 0.6) is 0 Å². The van der Waals surface area contributed by atoms with Gasteiger partial charge in [0.2, 0.25) is 0 Å². The SMILES string of the molecule is CO[C@@H]1OC(CO)[C@@H](O[C@@H]2OC(CO)[C@@H](O[C@@H]3OC(CO)[C@@H](O[C@@H]4OC(CO)[C@@H](O[C@@H]5OC(CO)[C@@H](O[C@@H]6OC(CO)[C@@H](O[C@@H]7OC(CO)[C@@H](C)[C@H](O)C7O)[C@H](O)C6O)[C@H](O)C5O)[C@H](O)C4O)[C@H](O)C3O)[C@H](O)C2O)[C@H](O)C1O. The number of rotatable bonds is 20. The van der Waals surface area contributed by atoms with Gasteiger partial charge < -0.3 is 174 Å². The fraction of sp³-hybridized carbons (Fsp3) is 1.00. The molecule has 0 aromatic rings. The minimum atomic E-state index is -2.21. The molecule has 0 aromatic carbocycles. The molecule has 0 amide bonds. The van der Waals surface area contributed by atoms with Gasteiger partial charge in [0.25, 0.3) is 0 Å². The average Bonchev–Trinajstić information content (AvgIpc) is 3.48. The van der Waals surface area contributed by atoms with E-state index in [9.17, 15) is 107 Å². The lowest BCUT2D eigenvalue weighted by Gasteiger charge is -2.50. The maximum atomic E-state index is 11.3. The summed E-state index contributed by atoms with van der Waals surface area (Å²) in [6, 6.07) is 0. The standard InChI is InChI=1S/C44H76O35/c1-10-11(3-45)67-39(25(59)18(10)52)74-33-13(5-47)69-41(27(61)20(33)54)76-35-15(7-49)71-43(29(63)22(35)56)78-37-17(9-51)73-44(31(65)24(37)58)79-36-16(8-50)72-42(30(64)23(36)57)77-34-14(6-48)70-40(28(62)21(34)55)75-32-12(4-46)68-38(66-2)26(60)19(32)53/h10-65H,3-9H2,1-2H3/t10-,11?,12?,13?,14?,15?,16?,17?,18+,19-,20-,21-,22-,23-,24-,25?,26?,27?,28?,29?,30?,31?,32-,33-,34-,35-,36-,37-,38-,39+,40+,41+,42+,43+,44+/m1/s1. The molecule has 35 nitrogen and oxygen atoms in total. The Morgan fingerprint density at radius 3 is 0.595 bits per heavy atom. The second-order valence-electron chi connectivity index (χ2n) is 20.1. The molecule has 7 heterocycles. The predicted molar refractivity (Wildman–Crippen MR) is 240 cm³/mol. The van der Waals surface area contributed by atoms with Crippen LogP contribution in [0.25, 0.3) is 0 Å². The van der Waals surface area contributed by atoms with Crippen LogP contribution in [-0.4, -0.2) is 369 Å². The summed E-state index contributed by atoms with van der Waals surface area (Å²) in [6.45, 7) is -4.89. The summed E-state index contributed by atoms with van der Waals surface area (Å²) in [4.78, 5) is 0. The highest BCUT2D eigenvalue weighted by atomic mass is 16.8. The van der Waals surface area contributed by atoms with Gasteiger partial charge in [0, 0.05) is 13.0 Å². The first-order chi connectivity index (χ1) is 37.5. The van der Waals surface area contributed by atoms with Gasteiger partial charge in [0.15, 0.2) is 44.0 Å². The van der Waals surface area contributed by atoms with Crippen LogP contribution in [0.15, 0.2) is 0 Å². The Balaban J connectivity index is 0.946. The van der Waals surface area contributed by atoms with Gasteiger partial charge in [0.1, 0.15) is 153 Å². The first-order valence-electron chi connectivity index (χ1n) is 25.4. The van der Waals surface area contributed by atoms with Gasteiger partial charge >= 0.3 is 0 Å². The van der Waals surface area contributed by atoms with Crippen LogP contribution in [0.2, 0.25) is 0 Å². The summed E-state index contributed by atoms with van der Waals surface area (Å²) < 4.78 is 78.1. The lowest BCUT2D eigenvalue weighted by atomic mass is 9.91. The molecule has 7 rings (SSSR count). The second-order valence-corrected chi connectivity index (χ2v) is 20.1. The molecule has 7 saturated heterocycles. The molecule has 7 aliphatic heterocycles. The molecule has 79 heavy (non-hydrogen) atoms. The molecular weight excluding hydrogens is 1090 g/mol. The van der Waals surface area contributed by atoms with E-state index in [1.807, 2.05) is 0 Å². The van der Waals surface area contributed by atoms with Crippen molar-refractivity contribution in [3.05, 3.63) is 0 Å². The Morgan fingerprint density at radius 1 is 0.241 bits per heavy atom. The lowest BCUT2D eigenvalue weighted by molar-refractivity contribution is -0.397. The van der Waals surface area contributed by atoms with Crippen molar-refractivity contribution in [1.82, 2.24) is 0 Å². The molecule has 14 unspecified atom stereocenters. The molecule has 0 aromatic heterocycles. The Kier molecular flexibility index (Phi) is 23.3. The van der Waals surface area contributed by atoms with Crippen molar-refractivity contribution in [2.45, 2.75) is 216 Å². The number of methoxy groups -OCH3 is 1. The van der Waals surface area contributed by atoms with Crippen LogP contribution >= 0.6 is 0 Å². The van der Waals surface area contributed by atoms with Crippen molar-refractivity contribution in [2.24, 2.45) is 5.92 Å². The number of aliphatic hydroxyl groups is 21. The summed E-state index contributed by atoms with van der Waals surface area (Å²) in [5, 5.41) is 225. The van der Waals surface area contributed by atoms with Crippen molar-refractivity contribution in [3.63, 3.8) is 0 Å². The molecule has 35 heteroatoms. The molecule has 0 aliphatic carbocycles. The van der Waals surface area contributed by atoms with Crippen LogP contribution in [0.4, 0.5) is 0 Å². The summed E-state index contributed by atoms with van der Waals surface area (Å²) in [5.41, 5.74) is 0. The zero-order valence-corrected chi connectivity index (χ0v) is 42.3. The lowest BCUT2D eigenvalue weighted by Crippen LogP contribution is -2.68. The third-order valence-corrected chi connectivity index (χ3v) is 15.1. The quantitative estimate of drug-likeness (QED) is 0.0538. The first-order valence-corrected chi connectivity index (χ1v) is 25.4. The fourth-order valence-corrected chi connectivity index (χ4v) is 10.4. The third-order valence-electron chi connectivity index (χ3n) is 15.1. The number of hydrogen-bond acceptors (Lipinski definition) is 35. The largest absolute Gasteiger partial charge is 0.394 e. The van der Waals surface area contributed by atoms with Gasteiger partial charge in [-0.05, 0) is 0 Å². The van der Waals surface area contributed by atoms with Crippen LogP contribution in [0, 0.1) is 5.92 Å². The molecule has 7 fully saturated rings. The zero-order chi connectivity index (χ0) is 58.1. The highest BCUT2D eigenvalue weighted by Gasteiger charge is 2.58. The van der Waals surface area contributed by atoms with Gasteiger partial charge in [-0.25, -0.2) is 0 Å². The van der Waals surface area contributed by atoms with E-state index in [-0.39, 0.29) is 0 Å². The highest BCUT2D eigenvalue weighted by molar-refractivity contribution is 5.01. The van der Waals surface area contributed by atoms with Crippen LogP contribution in [0.3, 0.4) is 0 Å². The Hall–Kier alpha value is -1.40. The van der Waals surface area contributed by atoms with E-state index in [0.29, 0.717) is 0 Å². The first kappa shape index (κ1) is 65.1. The molecule has 462 valence electrons. The summed E-state index contributed by atoms with van der Waals surface area (Å²) in [5.74, 6) is -0.751. The van der Waals surface area contributed by atoms with E-state index < -0.39 is 261 Å². The van der Waals surface area contributed by atoms with Gasteiger partial charge in [-0.3, -0.25) is 0 Å². The van der Waals surface area contributed by atoms with Crippen LogP contribution in [0.1, 0.15) is 6.92 Å². The zero-order valence-electron chi connectivity index (χ0n) is 42.3. The number of ether oxygens (including phenoxy) is 14. The monoisotopic (exact) mass is 1160 g/mol. The normalized spacial score (nSPS) is 53.0. The van der Waals surface area contributed by atoms with Gasteiger partial charge in [-0.15, -0.1) is 0 Å². The molecule has 0 bridgehead atoms. The molecule has 35 atom stereocenters. The summed E-state index contributed by atoms with van der Waals surface area (Å²) in [7, 11) is 1.16. The minimum absolute atomic E-state index is 0.592. The van der Waals surface area contributed by atoms with Crippen LogP contribution in [-0.2, 0) is 66.3 Å². The number of aliphatic hydroxyl groups excluding tert-OH is 21. The number of hydrogen-bond donors (Lipinski definition) is 21. The van der Waals surface area contributed by atoms with E-state index in [4.69, 9.17) is 66.3 Å². The molecular formula is C44H76O35. The van der Waals surface area contributed by atoms with Gasteiger partial charge in [-0.2, -0.15) is 0 Å². The Bertz CT molecular complexity index is 1820. The van der Waals surface area contributed by atoms with Crippen molar-refractivity contribution < 1.29 is 174 Å². The van der Waals surface area contributed by atoms with E-state index >= 15 is 0 Å². The van der Waals surface area contributed by atoms with E-state index in [2.05, 4.69) is 0 Å². The molecule has 7 aliphatic rings. The Morgan fingerprint density at radius 2 is 0.405 bits per heavy atom. The van der Waals surface area contributed by atoms with Crippen LogP contribution < -0.4 is 0 Å². The molecule has 0 saturated carbocycles. The predicted octanol–water partition coefficient (Wildman–Crippen LogP) is -14.3. The van der Waals surface area contributed by atoms with Gasteiger partial charge in [0.05, 0.1) is 58.5 Å². The van der Waals surface area contributed by atoms with Crippen molar-refractivity contribution in [1.29, 1.82) is 0 Å². The maximum Gasteiger partial charge on any atom is 0.187 e. The molecule has 0 radical (unpaired) electrons. The van der Waals surface area contributed by atoms with Crippen molar-refractivity contribution in [2.75, 3.05) is 53.4 Å². The molecule has 21 N–H and O–H groups in total. The van der Waals surface area contributed by atoms with E-state index in [0.717, 1.165) is 7.11 Å². The highest BCUT2D eigenvalue weighted by Crippen LogP contribution is 2.38. The fourth-order valence-electron chi connectivity index (χ4n) is 10.4. The Labute approximate surface area is 448 Å². The summed E-state index contributed by atoms with van der Waals surface area (Å²) >= 11 is 0. The maximum absolute atomic E-state index is 11.3. The van der Waals surface area contributed by atoms with E-state index in [1.54, 1.807) is 0 Å². The van der Waals surface area contributed by atoms with Crippen molar-refractivity contribution in [3.8, 4) is 0 Å². The van der Waals surface area contributed by atoms with Gasteiger partial charge in [-0.1, -0.05) is 6.92 Å². The summed E-state index contributed by atoms with van der Waals surface area (Å²) in [6.07, 6.45) is -62.4. The van der Waals surface area contributed by atoms with Crippen molar-refractivity contribution >= 4 is 0 Å². The molecule has 0 spiro atoms. The third kappa shape index (κ3) is 13.4. The smallest absolute Gasteiger partial charge is 0.187 e.